The molecule has 0 fully saturated rings. The van der Waals surface area contributed by atoms with Crippen LogP contribution in [0.25, 0.3) is 11.1 Å². The van der Waals surface area contributed by atoms with Gasteiger partial charge >= 0.3 is 0 Å². The average molecular weight is 225 g/mol. The van der Waals surface area contributed by atoms with Crippen LogP contribution in [0.15, 0.2) is 61.2 Å². The Labute approximate surface area is 101 Å². The summed E-state index contributed by atoms with van der Waals surface area (Å²) in [5.74, 6) is 0.838. The molecule has 0 atom stereocenters. The number of hydrogen-bond donors (Lipinski definition) is 1. The minimum atomic E-state index is 0.514. The Balaban J connectivity index is 2.29. The first kappa shape index (κ1) is 11.3. The van der Waals surface area contributed by atoms with Gasteiger partial charge in [-0.05, 0) is 35.4 Å². The highest BCUT2D eigenvalue weighted by Crippen LogP contribution is 2.25. The van der Waals surface area contributed by atoms with Crippen LogP contribution in [0, 0.1) is 0 Å². The summed E-state index contributed by atoms with van der Waals surface area (Å²) in [7, 11) is 0. The van der Waals surface area contributed by atoms with Gasteiger partial charge in [-0.15, -0.1) is 0 Å². The van der Waals surface area contributed by atoms with Crippen LogP contribution < -0.4 is 10.5 Å². The predicted octanol–water partition coefficient (Wildman–Crippen LogP) is 3.50. The molecule has 0 aliphatic carbocycles. The normalized spacial score (nSPS) is 9.88. The van der Waals surface area contributed by atoms with Crippen LogP contribution in [0.4, 0.5) is 5.69 Å². The van der Waals surface area contributed by atoms with Gasteiger partial charge in [0.25, 0.3) is 0 Å². The van der Waals surface area contributed by atoms with Crippen LogP contribution >= 0.6 is 0 Å². The third-order valence-electron chi connectivity index (χ3n) is 2.42. The topological polar surface area (TPSA) is 35.2 Å². The molecule has 2 nitrogen and oxygen atoms in total. The number of ether oxygens (including phenoxy) is 1. The number of anilines is 1. The van der Waals surface area contributed by atoms with Crippen LogP contribution in [-0.2, 0) is 0 Å². The lowest BCUT2D eigenvalue weighted by molar-refractivity contribution is 0.363. The molecule has 0 saturated heterocycles. The van der Waals surface area contributed by atoms with E-state index in [1.165, 1.54) is 0 Å². The maximum absolute atomic E-state index is 5.77. The molecule has 0 aliphatic rings. The standard InChI is InChI=1S/C15H15NO/c1-2-9-17-15-8-4-6-13(11-15)12-5-3-7-14(16)10-12/h2-8,10-11H,1,9,16H2. The van der Waals surface area contributed by atoms with Crippen LogP contribution in [-0.4, -0.2) is 6.61 Å². The van der Waals surface area contributed by atoms with Gasteiger partial charge in [-0.3, -0.25) is 0 Å². The first-order valence-corrected chi connectivity index (χ1v) is 5.49. The lowest BCUT2D eigenvalue weighted by Gasteiger charge is -2.07. The van der Waals surface area contributed by atoms with Crippen molar-refractivity contribution in [2.45, 2.75) is 0 Å². The van der Waals surface area contributed by atoms with Gasteiger partial charge in [0, 0.05) is 5.69 Å². The quantitative estimate of drug-likeness (QED) is 0.638. The summed E-state index contributed by atoms with van der Waals surface area (Å²) in [5.41, 5.74) is 8.72. The summed E-state index contributed by atoms with van der Waals surface area (Å²) >= 11 is 0. The lowest BCUT2D eigenvalue weighted by Crippen LogP contribution is -1.92. The molecule has 0 amide bonds. The largest absolute Gasteiger partial charge is 0.490 e. The van der Waals surface area contributed by atoms with Gasteiger partial charge in [0.1, 0.15) is 12.4 Å². The number of hydrogen-bond acceptors (Lipinski definition) is 2. The maximum Gasteiger partial charge on any atom is 0.120 e. The first-order valence-electron chi connectivity index (χ1n) is 5.49. The van der Waals surface area contributed by atoms with Gasteiger partial charge in [-0.1, -0.05) is 36.9 Å². The lowest BCUT2D eigenvalue weighted by atomic mass is 10.1. The average Bonchev–Trinajstić information content (AvgIpc) is 2.37. The van der Waals surface area contributed by atoms with E-state index in [1.54, 1.807) is 6.08 Å². The Morgan fingerprint density at radius 3 is 2.47 bits per heavy atom. The van der Waals surface area contributed by atoms with Gasteiger partial charge in [0.15, 0.2) is 0 Å². The number of rotatable bonds is 4. The summed E-state index contributed by atoms with van der Waals surface area (Å²) in [4.78, 5) is 0. The molecule has 2 aromatic rings. The van der Waals surface area contributed by atoms with Crippen molar-refractivity contribution in [3.63, 3.8) is 0 Å². The SMILES string of the molecule is C=CCOc1cccc(-c2cccc(N)c2)c1. The van der Waals surface area contributed by atoms with E-state index in [4.69, 9.17) is 10.5 Å². The Morgan fingerprint density at radius 1 is 1.06 bits per heavy atom. The molecule has 0 bridgehead atoms. The zero-order valence-corrected chi connectivity index (χ0v) is 9.60. The Morgan fingerprint density at radius 2 is 1.76 bits per heavy atom. The van der Waals surface area contributed by atoms with Crippen molar-refractivity contribution in [3.8, 4) is 16.9 Å². The van der Waals surface area contributed by atoms with Crippen molar-refractivity contribution >= 4 is 5.69 Å². The predicted molar refractivity (Wildman–Crippen MR) is 72.0 cm³/mol. The highest BCUT2D eigenvalue weighted by atomic mass is 16.5. The van der Waals surface area contributed by atoms with E-state index >= 15 is 0 Å². The molecule has 2 aromatic carbocycles. The zero-order valence-electron chi connectivity index (χ0n) is 9.60. The van der Waals surface area contributed by atoms with Crippen molar-refractivity contribution in [1.29, 1.82) is 0 Å². The molecule has 17 heavy (non-hydrogen) atoms. The molecular formula is C15H15NO. The second-order valence-electron chi connectivity index (χ2n) is 3.75. The molecule has 0 heterocycles. The fraction of sp³-hybridized carbons (Fsp3) is 0.0667. The zero-order chi connectivity index (χ0) is 12.1. The minimum Gasteiger partial charge on any atom is -0.490 e. The van der Waals surface area contributed by atoms with Gasteiger partial charge in [-0.2, -0.15) is 0 Å². The van der Waals surface area contributed by atoms with Crippen LogP contribution in [0.5, 0.6) is 5.75 Å². The van der Waals surface area contributed by atoms with Crippen molar-refractivity contribution in [1.82, 2.24) is 0 Å². The highest BCUT2D eigenvalue weighted by Gasteiger charge is 2.00. The molecule has 2 rings (SSSR count). The van der Waals surface area contributed by atoms with Gasteiger partial charge < -0.3 is 10.5 Å². The molecule has 2 N–H and O–H groups in total. The third kappa shape index (κ3) is 2.88. The fourth-order valence-electron chi connectivity index (χ4n) is 1.64. The van der Waals surface area contributed by atoms with E-state index in [-0.39, 0.29) is 0 Å². The maximum atomic E-state index is 5.77. The Bertz CT molecular complexity index is 520. The second kappa shape index (κ2) is 5.21. The van der Waals surface area contributed by atoms with Crippen LogP contribution in [0.2, 0.25) is 0 Å². The molecule has 0 spiro atoms. The molecule has 0 unspecified atom stereocenters. The summed E-state index contributed by atoms with van der Waals surface area (Å²) in [6.45, 7) is 4.14. The van der Waals surface area contributed by atoms with E-state index < -0.39 is 0 Å². The molecule has 2 heteroatoms. The first-order chi connectivity index (χ1) is 8.29. The monoisotopic (exact) mass is 225 g/mol. The highest BCUT2D eigenvalue weighted by molar-refractivity contribution is 5.68. The fourth-order valence-corrected chi connectivity index (χ4v) is 1.64. The Hall–Kier alpha value is -2.22. The van der Waals surface area contributed by atoms with E-state index in [0.717, 1.165) is 22.6 Å². The van der Waals surface area contributed by atoms with Crippen molar-refractivity contribution in [2.24, 2.45) is 0 Å². The van der Waals surface area contributed by atoms with Crippen LogP contribution in [0.3, 0.4) is 0 Å². The summed E-state index contributed by atoms with van der Waals surface area (Å²) in [5, 5.41) is 0. The summed E-state index contributed by atoms with van der Waals surface area (Å²) in [6.07, 6.45) is 1.73. The van der Waals surface area contributed by atoms with Crippen molar-refractivity contribution < 1.29 is 4.74 Å². The molecule has 0 saturated carbocycles. The molecule has 86 valence electrons. The second-order valence-corrected chi connectivity index (χ2v) is 3.75. The smallest absolute Gasteiger partial charge is 0.120 e. The molecule has 0 aromatic heterocycles. The molecule has 0 aliphatic heterocycles. The van der Waals surface area contributed by atoms with Crippen molar-refractivity contribution in [2.75, 3.05) is 12.3 Å². The van der Waals surface area contributed by atoms with Gasteiger partial charge in [0.2, 0.25) is 0 Å². The van der Waals surface area contributed by atoms with E-state index in [2.05, 4.69) is 6.58 Å². The van der Waals surface area contributed by atoms with Gasteiger partial charge in [0.05, 0.1) is 0 Å². The molecular weight excluding hydrogens is 210 g/mol. The third-order valence-corrected chi connectivity index (χ3v) is 2.42. The number of nitrogens with two attached hydrogens (primary N) is 1. The van der Waals surface area contributed by atoms with Gasteiger partial charge in [-0.25, -0.2) is 0 Å². The van der Waals surface area contributed by atoms with E-state index in [1.807, 2.05) is 48.5 Å². The van der Waals surface area contributed by atoms with Crippen LogP contribution in [0.1, 0.15) is 0 Å². The molecule has 0 radical (unpaired) electrons. The number of benzene rings is 2. The summed E-state index contributed by atoms with van der Waals surface area (Å²) in [6, 6.07) is 15.7. The van der Waals surface area contributed by atoms with Crippen molar-refractivity contribution in [3.05, 3.63) is 61.2 Å². The minimum absolute atomic E-state index is 0.514. The van der Waals surface area contributed by atoms with E-state index in [0.29, 0.717) is 6.61 Å². The summed E-state index contributed by atoms with van der Waals surface area (Å²) < 4.78 is 5.50. The Kier molecular flexibility index (Phi) is 3.46. The van der Waals surface area contributed by atoms with E-state index in [9.17, 15) is 0 Å². The number of nitrogen functional groups attached to an aromatic ring is 1.